The maximum Gasteiger partial charge on any atom is 0.272 e. The smallest absolute Gasteiger partial charge is 0.272 e. The van der Waals surface area contributed by atoms with Crippen LogP contribution in [0.25, 0.3) is 22.9 Å². The van der Waals surface area contributed by atoms with E-state index in [-0.39, 0.29) is 5.56 Å². The predicted octanol–water partition coefficient (Wildman–Crippen LogP) is 3.10. The highest BCUT2D eigenvalue weighted by Gasteiger charge is 1.98. The molecule has 2 aromatic carbocycles. The molecule has 0 unspecified atom stereocenters. The normalized spacial score (nSPS) is 11.1. The summed E-state index contributed by atoms with van der Waals surface area (Å²) in [5.74, 6) is 0.836. The SMILES string of the molecule is COc1ccc(C=Cc2ccc3c(=O)[nH]ncc3c2)cc1. The molecule has 104 valence electrons. The Hall–Kier alpha value is -2.88. The molecule has 4 heteroatoms. The standard InChI is InChI=1S/C17H14N2O2/c1-21-15-7-4-12(5-8-15)2-3-13-6-9-16-14(10-13)11-18-19-17(16)20/h2-11H,1H3,(H,19,20). The zero-order valence-corrected chi connectivity index (χ0v) is 11.5. The number of aromatic amines is 1. The molecule has 0 bridgehead atoms. The second-order valence-electron chi connectivity index (χ2n) is 4.65. The van der Waals surface area contributed by atoms with Crippen LogP contribution in [-0.4, -0.2) is 17.3 Å². The van der Waals surface area contributed by atoms with E-state index in [9.17, 15) is 4.79 Å². The third-order valence-corrected chi connectivity index (χ3v) is 3.27. The minimum Gasteiger partial charge on any atom is -0.497 e. The van der Waals surface area contributed by atoms with Crippen LogP contribution in [0.15, 0.2) is 53.5 Å². The van der Waals surface area contributed by atoms with Gasteiger partial charge in [-0.25, -0.2) is 5.10 Å². The van der Waals surface area contributed by atoms with Gasteiger partial charge in [-0.05, 0) is 35.4 Å². The Morgan fingerprint density at radius 3 is 2.52 bits per heavy atom. The molecule has 0 spiro atoms. The molecule has 1 aromatic heterocycles. The van der Waals surface area contributed by atoms with Gasteiger partial charge < -0.3 is 4.74 Å². The number of hydrogen-bond acceptors (Lipinski definition) is 3. The lowest BCUT2D eigenvalue weighted by molar-refractivity contribution is 0.415. The fourth-order valence-corrected chi connectivity index (χ4v) is 2.13. The van der Waals surface area contributed by atoms with E-state index in [2.05, 4.69) is 10.2 Å². The number of benzene rings is 2. The molecule has 1 heterocycles. The lowest BCUT2D eigenvalue weighted by Gasteiger charge is -2.00. The third kappa shape index (κ3) is 2.84. The molecule has 0 aliphatic carbocycles. The minimum absolute atomic E-state index is 0.168. The highest BCUT2D eigenvalue weighted by atomic mass is 16.5. The molecule has 0 saturated heterocycles. The third-order valence-electron chi connectivity index (χ3n) is 3.27. The molecule has 0 aliphatic heterocycles. The van der Waals surface area contributed by atoms with Crippen molar-refractivity contribution in [1.82, 2.24) is 10.2 Å². The van der Waals surface area contributed by atoms with Crippen LogP contribution in [0, 0.1) is 0 Å². The number of fused-ring (bicyclic) bond motifs is 1. The lowest BCUT2D eigenvalue weighted by Crippen LogP contribution is -2.06. The van der Waals surface area contributed by atoms with Gasteiger partial charge in [-0.2, -0.15) is 5.10 Å². The van der Waals surface area contributed by atoms with Crippen molar-refractivity contribution in [1.29, 1.82) is 0 Å². The molecule has 0 atom stereocenters. The van der Waals surface area contributed by atoms with Crippen molar-refractivity contribution < 1.29 is 4.74 Å². The molecular formula is C17H14N2O2. The van der Waals surface area contributed by atoms with Gasteiger partial charge >= 0.3 is 0 Å². The monoisotopic (exact) mass is 278 g/mol. The van der Waals surface area contributed by atoms with Crippen molar-refractivity contribution >= 4 is 22.9 Å². The summed E-state index contributed by atoms with van der Waals surface area (Å²) >= 11 is 0. The van der Waals surface area contributed by atoms with Gasteiger partial charge in [0.2, 0.25) is 0 Å². The topological polar surface area (TPSA) is 55.0 Å². The first kappa shape index (κ1) is 13.1. The van der Waals surface area contributed by atoms with Crippen molar-refractivity contribution in [3.05, 3.63) is 70.1 Å². The average molecular weight is 278 g/mol. The van der Waals surface area contributed by atoms with E-state index in [1.807, 2.05) is 54.6 Å². The van der Waals surface area contributed by atoms with Crippen molar-refractivity contribution in [2.24, 2.45) is 0 Å². The Morgan fingerprint density at radius 1 is 1.05 bits per heavy atom. The first-order chi connectivity index (χ1) is 10.3. The zero-order chi connectivity index (χ0) is 14.7. The quantitative estimate of drug-likeness (QED) is 0.749. The first-order valence-electron chi connectivity index (χ1n) is 6.56. The highest BCUT2D eigenvalue weighted by Crippen LogP contribution is 2.16. The second kappa shape index (κ2) is 5.63. The Bertz CT molecular complexity index is 849. The van der Waals surface area contributed by atoms with Crippen LogP contribution in [0.5, 0.6) is 5.75 Å². The summed E-state index contributed by atoms with van der Waals surface area (Å²) in [5.41, 5.74) is 1.93. The lowest BCUT2D eigenvalue weighted by atomic mass is 10.1. The summed E-state index contributed by atoms with van der Waals surface area (Å²) in [4.78, 5) is 11.6. The largest absolute Gasteiger partial charge is 0.497 e. The van der Waals surface area contributed by atoms with E-state index in [0.29, 0.717) is 5.39 Å². The van der Waals surface area contributed by atoms with Gasteiger partial charge in [0, 0.05) is 5.39 Å². The van der Waals surface area contributed by atoms with E-state index in [1.54, 1.807) is 13.3 Å². The first-order valence-corrected chi connectivity index (χ1v) is 6.56. The van der Waals surface area contributed by atoms with Gasteiger partial charge in [0.25, 0.3) is 5.56 Å². The number of nitrogens with zero attached hydrogens (tertiary/aromatic N) is 1. The van der Waals surface area contributed by atoms with Gasteiger partial charge in [-0.1, -0.05) is 30.4 Å². The number of rotatable bonds is 3. The molecule has 1 N–H and O–H groups in total. The summed E-state index contributed by atoms with van der Waals surface area (Å²) < 4.78 is 5.13. The van der Waals surface area contributed by atoms with Crippen molar-refractivity contribution in [3.63, 3.8) is 0 Å². The molecule has 0 fully saturated rings. The van der Waals surface area contributed by atoms with Crippen LogP contribution in [0.2, 0.25) is 0 Å². The Kier molecular flexibility index (Phi) is 3.51. The minimum atomic E-state index is -0.168. The van der Waals surface area contributed by atoms with Gasteiger partial charge in [-0.15, -0.1) is 0 Å². The molecule has 4 nitrogen and oxygen atoms in total. The molecule has 0 amide bonds. The van der Waals surface area contributed by atoms with Crippen LogP contribution < -0.4 is 10.3 Å². The van der Waals surface area contributed by atoms with Gasteiger partial charge in [-0.3, -0.25) is 4.79 Å². The Balaban J connectivity index is 1.90. The van der Waals surface area contributed by atoms with Crippen molar-refractivity contribution in [2.45, 2.75) is 0 Å². The van der Waals surface area contributed by atoms with E-state index < -0.39 is 0 Å². The van der Waals surface area contributed by atoms with Crippen molar-refractivity contribution in [2.75, 3.05) is 7.11 Å². The summed E-state index contributed by atoms with van der Waals surface area (Å²) in [6.45, 7) is 0. The van der Waals surface area contributed by atoms with Crippen LogP contribution in [-0.2, 0) is 0 Å². The van der Waals surface area contributed by atoms with Gasteiger partial charge in [0.1, 0.15) is 5.75 Å². The van der Waals surface area contributed by atoms with Gasteiger partial charge in [0.05, 0.1) is 18.7 Å². The summed E-state index contributed by atoms with van der Waals surface area (Å²) in [7, 11) is 1.65. The van der Waals surface area contributed by atoms with Crippen LogP contribution in [0.4, 0.5) is 0 Å². The number of aromatic nitrogens is 2. The fourth-order valence-electron chi connectivity index (χ4n) is 2.13. The average Bonchev–Trinajstić information content (AvgIpc) is 2.53. The maximum atomic E-state index is 11.6. The number of nitrogens with one attached hydrogen (secondary N) is 1. The number of ether oxygens (including phenoxy) is 1. The van der Waals surface area contributed by atoms with E-state index in [1.165, 1.54) is 0 Å². The van der Waals surface area contributed by atoms with E-state index in [4.69, 9.17) is 4.74 Å². The number of hydrogen-bond donors (Lipinski definition) is 1. The zero-order valence-electron chi connectivity index (χ0n) is 11.5. The molecule has 0 saturated carbocycles. The molecule has 0 aliphatic rings. The van der Waals surface area contributed by atoms with Crippen LogP contribution >= 0.6 is 0 Å². The molecule has 21 heavy (non-hydrogen) atoms. The second-order valence-corrected chi connectivity index (χ2v) is 4.65. The molecular weight excluding hydrogens is 264 g/mol. The molecule has 0 radical (unpaired) electrons. The van der Waals surface area contributed by atoms with Crippen LogP contribution in [0.3, 0.4) is 0 Å². The van der Waals surface area contributed by atoms with E-state index in [0.717, 1.165) is 22.3 Å². The van der Waals surface area contributed by atoms with Crippen molar-refractivity contribution in [3.8, 4) is 5.75 Å². The van der Waals surface area contributed by atoms with Gasteiger partial charge in [0.15, 0.2) is 0 Å². The summed E-state index contributed by atoms with van der Waals surface area (Å²) in [5, 5.41) is 7.72. The molecule has 3 aromatic rings. The number of methoxy groups -OCH3 is 1. The summed E-state index contributed by atoms with van der Waals surface area (Å²) in [6, 6.07) is 13.5. The predicted molar refractivity (Wildman–Crippen MR) is 84.3 cm³/mol. The highest BCUT2D eigenvalue weighted by molar-refractivity contribution is 5.84. The molecule has 3 rings (SSSR count). The Labute approximate surface area is 121 Å². The summed E-state index contributed by atoms with van der Waals surface area (Å²) in [6.07, 6.45) is 5.67. The maximum absolute atomic E-state index is 11.6. The number of H-pyrrole nitrogens is 1. The fraction of sp³-hybridized carbons (Fsp3) is 0.0588. The van der Waals surface area contributed by atoms with E-state index >= 15 is 0 Å². The van der Waals surface area contributed by atoms with Crippen LogP contribution in [0.1, 0.15) is 11.1 Å². The Morgan fingerprint density at radius 2 is 1.76 bits per heavy atom.